The van der Waals surface area contributed by atoms with Gasteiger partial charge >= 0.3 is 0 Å². The number of piperidine rings is 1. The highest BCUT2D eigenvalue weighted by atomic mass is 32.1. The zero-order valence-electron chi connectivity index (χ0n) is 11.7. The monoisotopic (exact) mass is 291 g/mol. The molecule has 2 heterocycles. The van der Waals surface area contributed by atoms with Crippen LogP contribution in [0.25, 0.3) is 0 Å². The van der Waals surface area contributed by atoms with Crippen LogP contribution >= 0.6 is 12.6 Å². The number of nitrogens with zero attached hydrogens (tertiary/aromatic N) is 1. The van der Waals surface area contributed by atoms with Crippen LogP contribution in [-0.2, 0) is 21.6 Å². The third-order valence-corrected chi connectivity index (χ3v) is 4.73. The van der Waals surface area contributed by atoms with Crippen LogP contribution in [0.1, 0.15) is 30.4 Å². The standard InChI is InChI=1S/C16H21NO2S/c18-15(6-12-20)17-9-7-16(8-10-17)14-4-2-1-3-13(14)5-11-19-16/h1-4,20H,5-12H2. The van der Waals surface area contributed by atoms with Gasteiger partial charge in [0.1, 0.15) is 0 Å². The van der Waals surface area contributed by atoms with Crippen LogP contribution in [0.5, 0.6) is 0 Å². The molecule has 1 aromatic carbocycles. The fourth-order valence-electron chi connectivity index (χ4n) is 3.40. The van der Waals surface area contributed by atoms with Crippen molar-refractivity contribution in [3.8, 4) is 0 Å². The molecular weight excluding hydrogens is 270 g/mol. The van der Waals surface area contributed by atoms with Crippen molar-refractivity contribution in [2.24, 2.45) is 0 Å². The van der Waals surface area contributed by atoms with Crippen molar-refractivity contribution in [1.29, 1.82) is 0 Å². The first-order valence-electron chi connectivity index (χ1n) is 7.36. The van der Waals surface area contributed by atoms with Crippen molar-refractivity contribution < 1.29 is 9.53 Å². The van der Waals surface area contributed by atoms with Crippen molar-refractivity contribution in [3.05, 3.63) is 35.4 Å². The maximum absolute atomic E-state index is 12.0. The highest BCUT2D eigenvalue weighted by Crippen LogP contribution is 2.41. The van der Waals surface area contributed by atoms with Crippen LogP contribution in [-0.4, -0.2) is 36.3 Å². The molecule has 0 aromatic heterocycles. The lowest BCUT2D eigenvalue weighted by atomic mass is 9.79. The van der Waals surface area contributed by atoms with E-state index in [0.29, 0.717) is 12.2 Å². The predicted molar refractivity (Wildman–Crippen MR) is 82.1 cm³/mol. The van der Waals surface area contributed by atoms with Gasteiger partial charge in [0, 0.05) is 19.5 Å². The third-order valence-electron chi connectivity index (χ3n) is 4.51. The second kappa shape index (κ2) is 5.78. The van der Waals surface area contributed by atoms with E-state index >= 15 is 0 Å². The molecule has 0 bridgehead atoms. The zero-order valence-corrected chi connectivity index (χ0v) is 12.6. The van der Waals surface area contributed by atoms with Gasteiger partial charge in [-0.25, -0.2) is 0 Å². The molecule has 3 rings (SSSR count). The number of rotatable bonds is 2. The van der Waals surface area contributed by atoms with Crippen LogP contribution in [0.4, 0.5) is 0 Å². The lowest BCUT2D eigenvalue weighted by molar-refractivity contribution is -0.140. The molecule has 3 nitrogen and oxygen atoms in total. The van der Waals surface area contributed by atoms with Gasteiger partial charge in [-0.1, -0.05) is 24.3 Å². The maximum atomic E-state index is 12.0. The zero-order chi connectivity index (χ0) is 14.0. The fraction of sp³-hybridized carbons (Fsp3) is 0.562. The van der Waals surface area contributed by atoms with Gasteiger partial charge in [-0.3, -0.25) is 4.79 Å². The Morgan fingerprint density at radius 1 is 1.30 bits per heavy atom. The van der Waals surface area contributed by atoms with Crippen LogP contribution in [0, 0.1) is 0 Å². The normalized spacial score (nSPS) is 20.8. The molecule has 108 valence electrons. The summed E-state index contributed by atoms with van der Waals surface area (Å²) >= 11 is 4.14. The summed E-state index contributed by atoms with van der Waals surface area (Å²) in [5.41, 5.74) is 2.59. The summed E-state index contributed by atoms with van der Waals surface area (Å²) < 4.78 is 6.17. The number of carbonyl (C=O) groups excluding carboxylic acids is 1. The van der Waals surface area contributed by atoms with E-state index in [-0.39, 0.29) is 11.5 Å². The molecule has 0 aliphatic carbocycles. The minimum absolute atomic E-state index is 0.160. The fourth-order valence-corrected chi connectivity index (χ4v) is 3.59. The molecule has 2 aliphatic heterocycles. The minimum atomic E-state index is -0.160. The number of likely N-dealkylation sites (tertiary alicyclic amines) is 1. The number of carbonyl (C=O) groups is 1. The Balaban J connectivity index is 1.76. The summed E-state index contributed by atoms with van der Waals surface area (Å²) in [6.45, 7) is 2.38. The molecule has 1 amide bonds. The number of ether oxygens (including phenoxy) is 1. The topological polar surface area (TPSA) is 29.5 Å². The number of thiol groups is 1. The first-order chi connectivity index (χ1) is 9.75. The Morgan fingerprint density at radius 3 is 2.80 bits per heavy atom. The second-order valence-electron chi connectivity index (χ2n) is 5.60. The van der Waals surface area contributed by atoms with E-state index < -0.39 is 0 Å². The van der Waals surface area contributed by atoms with E-state index in [9.17, 15) is 4.79 Å². The number of hydrogen-bond acceptors (Lipinski definition) is 3. The summed E-state index contributed by atoms with van der Waals surface area (Å²) in [5, 5.41) is 0. The number of fused-ring (bicyclic) bond motifs is 2. The van der Waals surface area contributed by atoms with Crippen LogP contribution < -0.4 is 0 Å². The Hall–Kier alpha value is -1.00. The highest BCUT2D eigenvalue weighted by Gasteiger charge is 2.41. The Kier molecular flexibility index (Phi) is 4.03. The average Bonchev–Trinajstić information content (AvgIpc) is 2.49. The first kappa shape index (κ1) is 14.0. The molecule has 1 spiro atoms. The van der Waals surface area contributed by atoms with Crippen LogP contribution in [0.15, 0.2) is 24.3 Å². The van der Waals surface area contributed by atoms with Gasteiger partial charge in [0.2, 0.25) is 5.91 Å². The molecule has 0 unspecified atom stereocenters. The van der Waals surface area contributed by atoms with Crippen molar-refractivity contribution in [2.45, 2.75) is 31.3 Å². The van der Waals surface area contributed by atoms with Crippen LogP contribution in [0.2, 0.25) is 0 Å². The Morgan fingerprint density at radius 2 is 2.05 bits per heavy atom. The van der Waals surface area contributed by atoms with Crippen molar-refractivity contribution in [2.75, 3.05) is 25.4 Å². The number of amides is 1. The molecule has 0 radical (unpaired) electrons. The maximum Gasteiger partial charge on any atom is 0.223 e. The molecule has 1 saturated heterocycles. The van der Waals surface area contributed by atoms with Crippen molar-refractivity contribution in [3.63, 3.8) is 0 Å². The van der Waals surface area contributed by atoms with E-state index in [1.54, 1.807) is 0 Å². The predicted octanol–water partition coefficient (Wildman–Crippen LogP) is 2.40. The third kappa shape index (κ3) is 2.47. The van der Waals surface area contributed by atoms with E-state index in [1.165, 1.54) is 11.1 Å². The van der Waals surface area contributed by atoms with Gasteiger partial charge in [0.25, 0.3) is 0 Å². The van der Waals surface area contributed by atoms with Crippen molar-refractivity contribution in [1.82, 2.24) is 4.90 Å². The Labute approximate surface area is 125 Å². The van der Waals surface area contributed by atoms with Gasteiger partial charge in [-0.05, 0) is 36.1 Å². The molecule has 0 N–H and O–H groups in total. The molecule has 20 heavy (non-hydrogen) atoms. The molecular formula is C16H21NO2S. The molecule has 2 aliphatic rings. The van der Waals surface area contributed by atoms with Gasteiger partial charge in [-0.15, -0.1) is 0 Å². The van der Waals surface area contributed by atoms with Gasteiger partial charge in [0.15, 0.2) is 0 Å². The summed E-state index contributed by atoms with van der Waals surface area (Å²) in [7, 11) is 0. The number of hydrogen-bond donors (Lipinski definition) is 1. The summed E-state index contributed by atoms with van der Waals surface area (Å²) in [4.78, 5) is 13.9. The summed E-state index contributed by atoms with van der Waals surface area (Å²) in [5.74, 6) is 0.846. The van der Waals surface area contributed by atoms with Gasteiger partial charge in [0.05, 0.1) is 12.2 Å². The summed E-state index contributed by atoms with van der Waals surface area (Å²) in [6, 6.07) is 8.59. The van der Waals surface area contributed by atoms with Gasteiger partial charge in [-0.2, -0.15) is 12.6 Å². The molecule has 1 aromatic rings. The lowest BCUT2D eigenvalue weighted by Crippen LogP contribution is -2.48. The lowest BCUT2D eigenvalue weighted by Gasteiger charge is -2.45. The molecule has 1 fully saturated rings. The van der Waals surface area contributed by atoms with Crippen LogP contribution in [0.3, 0.4) is 0 Å². The van der Waals surface area contributed by atoms with E-state index in [1.807, 2.05) is 4.90 Å². The molecule has 4 heteroatoms. The Bertz CT molecular complexity index is 495. The summed E-state index contributed by atoms with van der Waals surface area (Å²) in [6.07, 6.45) is 3.35. The SMILES string of the molecule is O=C(CCS)N1CCC2(CC1)OCCc1ccccc12. The molecule has 0 atom stereocenters. The minimum Gasteiger partial charge on any atom is -0.370 e. The quantitative estimate of drug-likeness (QED) is 0.848. The first-order valence-corrected chi connectivity index (χ1v) is 7.99. The average molecular weight is 291 g/mol. The highest BCUT2D eigenvalue weighted by molar-refractivity contribution is 7.80. The second-order valence-corrected chi connectivity index (χ2v) is 6.05. The van der Waals surface area contributed by atoms with E-state index in [4.69, 9.17) is 4.74 Å². The molecule has 0 saturated carbocycles. The number of benzene rings is 1. The van der Waals surface area contributed by atoms with E-state index in [0.717, 1.165) is 39.0 Å². The largest absolute Gasteiger partial charge is 0.370 e. The van der Waals surface area contributed by atoms with Gasteiger partial charge < -0.3 is 9.64 Å². The van der Waals surface area contributed by atoms with Crippen molar-refractivity contribution >= 4 is 18.5 Å². The van der Waals surface area contributed by atoms with E-state index in [2.05, 4.69) is 36.9 Å². The smallest absolute Gasteiger partial charge is 0.223 e.